The molecule has 1 aliphatic rings. The van der Waals surface area contributed by atoms with Crippen LogP contribution < -0.4 is 5.43 Å². The SMILES string of the molecule is Cc1ccc(C)n1NC1c2ccccc2CC1(C)C. The number of hydrogen-bond donors (Lipinski definition) is 1. The minimum atomic E-state index is 0.243. The summed E-state index contributed by atoms with van der Waals surface area (Å²) in [5, 5.41) is 0. The van der Waals surface area contributed by atoms with Crippen molar-refractivity contribution in [2.45, 2.75) is 40.2 Å². The lowest BCUT2D eigenvalue weighted by Gasteiger charge is -2.31. The number of aromatic nitrogens is 1. The van der Waals surface area contributed by atoms with Crippen molar-refractivity contribution in [2.24, 2.45) is 5.41 Å². The highest BCUT2D eigenvalue weighted by Crippen LogP contribution is 2.45. The van der Waals surface area contributed by atoms with Crippen LogP contribution in [0.25, 0.3) is 0 Å². The summed E-state index contributed by atoms with van der Waals surface area (Å²) in [6.45, 7) is 8.99. The maximum atomic E-state index is 3.72. The molecule has 0 radical (unpaired) electrons. The first-order chi connectivity index (χ1) is 8.99. The van der Waals surface area contributed by atoms with Crippen LogP contribution in [-0.2, 0) is 6.42 Å². The Labute approximate surface area is 115 Å². The molecule has 1 unspecified atom stereocenters. The molecule has 0 aliphatic heterocycles. The molecule has 0 saturated carbocycles. The zero-order valence-corrected chi connectivity index (χ0v) is 12.2. The Kier molecular flexibility index (Phi) is 2.70. The van der Waals surface area contributed by atoms with E-state index in [1.54, 1.807) is 0 Å². The van der Waals surface area contributed by atoms with E-state index in [-0.39, 0.29) is 5.41 Å². The third-order valence-electron chi connectivity index (χ3n) is 4.32. The smallest absolute Gasteiger partial charge is 0.0730 e. The number of fused-ring (bicyclic) bond motifs is 1. The molecule has 1 atom stereocenters. The van der Waals surface area contributed by atoms with Crippen LogP contribution in [0.2, 0.25) is 0 Å². The Morgan fingerprint density at radius 2 is 1.68 bits per heavy atom. The number of nitrogens with zero attached hydrogens (tertiary/aromatic N) is 1. The second-order valence-corrected chi connectivity index (χ2v) is 6.38. The van der Waals surface area contributed by atoms with E-state index in [1.165, 1.54) is 22.5 Å². The van der Waals surface area contributed by atoms with Gasteiger partial charge in [0.05, 0.1) is 6.04 Å². The van der Waals surface area contributed by atoms with Crippen molar-refractivity contribution < 1.29 is 0 Å². The molecule has 1 N–H and O–H groups in total. The third kappa shape index (κ3) is 1.95. The second kappa shape index (κ2) is 4.16. The molecular formula is C17H22N2. The van der Waals surface area contributed by atoms with Gasteiger partial charge in [0.2, 0.25) is 0 Å². The number of hydrogen-bond acceptors (Lipinski definition) is 1. The van der Waals surface area contributed by atoms with Gasteiger partial charge in [-0.05, 0) is 48.9 Å². The third-order valence-corrected chi connectivity index (χ3v) is 4.32. The Balaban J connectivity index is 2.00. The van der Waals surface area contributed by atoms with Crippen LogP contribution in [0.4, 0.5) is 0 Å². The van der Waals surface area contributed by atoms with Gasteiger partial charge in [0.1, 0.15) is 0 Å². The zero-order chi connectivity index (χ0) is 13.6. The maximum absolute atomic E-state index is 3.72. The molecule has 0 fully saturated rings. The summed E-state index contributed by atoms with van der Waals surface area (Å²) in [5.41, 5.74) is 9.41. The van der Waals surface area contributed by atoms with E-state index in [0.717, 1.165) is 6.42 Å². The zero-order valence-electron chi connectivity index (χ0n) is 12.2. The van der Waals surface area contributed by atoms with Crippen molar-refractivity contribution in [3.05, 3.63) is 58.9 Å². The van der Waals surface area contributed by atoms with E-state index in [0.29, 0.717) is 6.04 Å². The second-order valence-electron chi connectivity index (χ2n) is 6.38. The van der Waals surface area contributed by atoms with Crippen LogP contribution in [-0.4, -0.2) is 4.68 Å². The molecule has 0 saturated heterocycles. The van der Waals surface area contributed by atoms with Crippen molar-refractivity contribution in [3.8, 4) is 0 Å². The van der Waals surface area contributed by atoms with Crippen molar-refractivity contribution in [1.82, 2.24) is 4.68 Å². The van der Waals surface area contributed by atoms with Crippen LogP contribution >= 0.6 is 0 Å². The van der Waals surface area contributed by atoms with Crippen molar-refractivity contribution in [1.29, 1.82) is 0 Å². The molecule has 0 bridgehead atoms. The summed E-state index contributed by atoms with van der Waals surface area (Å²) < 4.78 is 2.22. The fourth-order valence-electron chi connectivity index (χ4n) is 3.24. The van der Waals surface area contributed by atoms with Crippen LogP contribution in [0.5, 0.6) is 0 Å². The fourth-order valence-corrected chi connectivity index (χ4v) is 3.24. The van der Waals surface area contributed by atoms with Gasteiger partial charge < -0.3 is 5.43 Å². The van der Waals surface area contributed by atoms with Crippen molar-refractivity contribution >= 4 is 0 Å². The molecule has 2 heteroatoms. The van der Waals surface area contributed by atoms with Crippen molar-refractivity contribution in [2.75, 3.05) is 5.43 Å². The normalized spacial score (nSPS) is 20.3. The summed E-state index contributed by atoms with van der Waals surface area (Å²) in [7, 11) is 0. The first-order valence-corrected chi connectivity index (χ1v) is 6.98. The van der Waals surface area contributed by atoms with Gasteiger partial charge in [-0.25, -0.2) is 0 Å². The Morgan fingerprint density at radius 1 is 1.05 bits per heavy atom. The van der Waals surface area contributed by atoms with E-state index >= 15 is 0 Å². The van der Waals surface area contributed by atoms with Gasteiger partial charge in [0.25, 0.3) is 0 Å². The predicted octanol–water partition coefficient (Wildman–Crippen LogP) is 3.97. The van der Waals surface area contributed by atoms with Gasteiger partial charge in [-0.3, -0.25) is 4.68 Å². The Morgan fingerprint density at radius 3 is 2.37 bits per heavy atom. The average molecular weight is 254 g/mol. The monoisotopic (exact) mass is 254 g/mol. The lowest BCUT2D eigenvalue weighted by Crippen LogP contribution is -2.31. The van der Waals surface area contributed by atoms with Crippen LogP contribution in [0.15, 0.2) is 36.4 Å². The maximum Gasteiger partial charge on any atom is 0.0730 e. The summed E-state index contributed by atoms with van der Waals surface area (Å²) >= 11 is 0. The summed E-state index contributed by atoms with van der Waals surface area (Å²) in [5.74, 6) is 0. The minimum absolute atomic E-state index is 0.243. The van der Waals surface area contributed by atoms with E-state index in [9.17, 15) is 0 Å². The van der Waals surface area contributed by atoms with E-state index in [4.69, 9.17) is 0 Å². The molecule has 1 heterocycles. The molecule has 1 aromatic carbocycles. The average Bonchev–Trinajstić information content (AvgIpc) is 2.80. The molecule has 19 heavy (non-hydrogen) atoms. The first-order valence-electron chi connectivity index (χ1n) is 6.98. The van der Waals surface area contributed by atoms with Gasteiger partial charge in [-0.2, -0.15) is 0 Å². The number of rotatable bonds is 2. The van der Waals surface area contributed by atoms with Crippen molar-refractivity contribution in [3.63, 3.8) is 0 Å². The molecule has 0 amide bonds. The van der Waals surface area contributed by atoms with Gasteiger partial charge in [-0.1, -0.05) is 38.1 Å². The van der Waals surface area contributed by atoms with E-state index in [2.05, 4.69) is 74.2 Å². The van der Waals surface area contributed by atoms with Gasteiger partial charge in [0, 0.05) is 11.4 Å². The van der Waals surface area contributed by atoms with Crippen LogP contribution in [0.1, 0.15) is 42.4 Å². The Hall–Kier alpha value is -1.70. The number of aryl methyl sites for hydroxylation is 2. The predicted molar refractivity (Wildman–Crippen MR) is 79.9 cm³/mol. The number of benzene rings is 1. The van der Waals surface area contributed by atoms with Gasteiger partial charge in [-0.15, -0.1) is 0 Å². The molecule has 2 nitrogen and oxygen atoms in total. The fraction of sp³-hybridized carbons (Fsp3) is 0.412. The lowest BCUT2D eigenvalue weighted by molar-refractivity contribution is 0.319. The molecule has 3 rings (SSSR count). The minimum Gasteiger partial charge on any atom is -0.318 e. The quantitative estimate of drug-likeness (QED) is 0.858. The highest BCUT2D eigenvalue weighted by molar-refractivity contribution is 5.39. The molecular weight excluding hydrogens is 232 g/mol. The topological polar surface area (TPSA) is 17.0 Å². The summed E-state index contributed by atoms with van der Waals surface area (Å²) in [4.78, 5) is 0. The molecule has 1 aromatic heterocycles. The molecule has 0 spiro atoms. The van der Waals surface area contributed by atoms with Crippen LogP contribution in [0.3, 0.4) is 0 Å². The molecule has 1 aliphatic carbocycles. The van der Waals surface area contributed by atoms with E-state index in [1.807, 2.05) is 0 Å². The van der Waals surface area contributed by atoms with Gasteiger partial charge >= 0.3 is 0 Å². The standard InChI is InChI=1S/C17H22N2/c1-12-9-10-13(2)19(12)18-16-15-8-6-5-7-14(15)11-17(16,3)4/h5-10,16,18H,11H2,1-4H3. The molecule has 100 valence electrons. The van der Waals surface area contributed by atoms with Crippen LogP contribution in [0, 0.1) is 19.3 Å². The summed E-state index contributed by atoms with van der Waals surface area (Å²) in [6, 6.07) is 13.5. The Bertz CT molecular complexity index is 588. The van der Waals surface area contributed by atoms with Gasteiger partial charge in [0.15, 0.2) is 0 Å². The highest BCUT2D eigenvalue weighted by Gasteiger charge is 2.39. The first kappa shape index (κ1) is 12.3. The highest BCUT2D eigenvalue weighted by atomic mass is 15.4. The summed E-state index contributed by atoms with van der Waals surface area (Å²) in [6.07, 6.45) is 1.14. The van der Waals surface area contributed by atoms with E-state index < -0.39 is 0 Å². The molecule has 2 aromatic rings. The lowest BCUT2D eigenvalue weighted by atomic mass is 9.86. The number of nitrogens with one attached hydrogen (secondary N) is 1. The largest absolute Gasteiger partial charge is 0.318 e.